The first-order valence-corrected chi connectivity index (χ1v) is 4.31. The molecule has 0 unspecified atom stereocenters. The van der Waals surface area contributed by atoms with E-state index in [1.807, 2.05) is 0 Å². The molecule has 70 valence electrons. The molecule has 2 N–H and O–H groups in total. The zero-order chi connectivity index (χ0) is 8.81. The van der Waals surface area contributed by atoms with Crippen LogP contribution in [-0.4, -0.2) is 36.9 Å². The fourth-order valence-corrected chi connectivity index (χ4v) is 1.24. The summed E-state index contributed by atoms with van der Waals surface area (Å²) in [5, 5.41) is 11.3. The van der Waals surface area contributed by atoms with E-state index in [0.29, 0.717) is 0 Å². The topological polar surface area (TPSA) is 58.6 Å². The molecular weight excluding hydrogens is 158 g/mol. The van der Waals surface area contributed by atoms with Crippen molar-refractivity contribution in [2.75, 3.05) is 19.8 Å². The lowest BCUT2D eigenvalue weighted by Crippen LogP contribution is -2.39. The number of ether oxygens (including phenoxy) is 1. The molecule has 0 spiro atoms. The van der Waals surface area contributed by atoms with Crippen LogP contribution in [0.25, 0.3) is 0 Å². The van der Waals surface area contributed by atoms with Gasteiger partial charge in [0.25, 0.3) is 0 Å². The van der Waals surface area contributed by atoms with E-state index in [4.69, 9.17) is 9.84 Å². The maximum atomic E-state index is 11.0. The molecule has 1 aliphatic heterocycles. The van der Waals surface area contributed by atoms with Crippen LogP contribution >= 0.6 is 0 Å². The molecule has 0 aromatic carbocycles. The zero-order valence-corrected chi connectivity index (χ0v) is 7.08. The number of nitrogens with one attached hydrogen (secondary N) is 1. The average molecular weight is 173 g/mol. The first-order valence-electron chi connectivity index (χ1n) is 4.31. The predicted molar refractivity (Wildman–Crippen MR) is 43.7 cm³/mol. The highest BCUT2D eigenvalue weighted by atomic mass is 16.5. The summed E-state index contributed by atoms with van der Waals surface area (Å²) in [6.45, 7) is 1.38. The summed E-state index contributed by atoms with van der Waals surface area (Å²) < 4.78 is 5.14. The summed E-state index contributed by atoms with van der Waals surface area (Å²) >= 11 is 0. The van der Waals surface area contributed by atoms with Gasteiger partial charge in [0, 0.05) is 25.7 Å². The molecule has 1 amide bonds. The van der Waals surface area contributed by atoms with Gasteiger partial charge in [-0.25, -0.2) is 0 Å². The van der Waals surface area contributed by atoms with Gasteiger partial charge in [0.1, 0.15) is 0 Å². The van der Waals surface area contributed by atoms with Crippen LogP contribution in [0, 0.1) is 0 Å². The Labute approximate surface area is 71.9 Å². The minimum Gasteiger partial charge on any atom is -0.396 e. The lowest BCUT2D eigenvalue weighted by atomic mass is 10.1. The molecule has 4 heteroatoms. The van der Waals surface area contributed by atoms with Crippen molar-refractivity contribution in [1.82, 2.24) is 5.32 Å². The number of amides is 1. The molecule has 1 aliphatic rings. The minimum absolute atomic E-state index is 0.0654. The Morgan fingerprint density at radius 3 is 2.75 bits per heavy atom. The highest BCUT2D eigenvalue weighted by Crippen LogP contribution is 2.05. The maximum absolute atomic E-state index is 11.0. The highest BCUT2D eigenvalue weighted by Gasteiger charge is 2.15. The largest absolute Gasteiger partial charge is 0.396 e. The number of rotatable bonds is 3. The Morgan fingerprint density at radius 1 is 1.50 bits per heavy atom. The molecule has 1 rings (SSSR count). The van der Waals surface area contributed by atoms with Gasteiger partial charge in [-0.05, 0) is 12.8 Å². The lowest BCUT2D eigenvalue weighted by Gasteiger charge is -2.22. The van der Waals surface area contributed by atoms with E-state index in [-0.39, 0.29) is 25.0 Å². The van der Waals surface area contributed by atoms with Crippen molar-refractivity contribution in [2.45, 2.75) is 25.3 Å². The van der Waals surface area contributed by atoms with Gasteiger partial charge in [-0.2, -0.15) is 0 Å². The highest BCUT2D eigenvalue weighted by molar-refractivity contribution is 5.76. The monoisotopic (exact) mass is 173 g/mol. The van der Waals surface area contributed by atoms with E-state index in [1.165, 1.54) is 0 Å². The summed E-state index contributed by atoms with van der Waals surface area (Å²) in [5.41, 5.74) is 0. The minimum atomic E-state index is -0.0744. The van der Waals surface area contributed by atoms with Crippen LogP contribution in [-0.2, 0) is 9.53 Å². The Kier molecular flexibility index (Phi) is 4.04. The summed E-state index contributed by atoms with van der Waals surface area (Å²) in [5.74, 6) is -0.0654. The summed E-state index contributed by atoms with van der Waals surface area (Å²) in [4.78, 5) is 11.0. The Bertz CT molecular complexity index is 143. The smallest absolute Gasteiger partial charge is 0.222 e. The van der Waals surface area contributed by atoms with Crippen molar-refractivity contribution in [3.05, 3.63) is 0 Å². The molecule has 4 nitrogen and oxygen atoms in total. The standard InChI is InChI=1S/C8H15NO3/c10-4-1-8(11)9-7-2-5-12-6-3-7/h7,10H,1-6H2,(H,9,11). The van der Waals surface area contributed by atoms with Crippen molar-refractivity contribution in [3.8, 4) is 0 Å². The van der Waals surface area contributed by atoms with Crippen LogP contribution < -0.4 is 5.32 Å². The Hall–Kier alpha value is -0.610. The van der Waals surface area contributed by atoms with E-state index in [2.05, 4.69) is 5.32 Å². The van der Waals surface area contributed by atoms with E-state index in [1.54, 1.807) is 0 Å². The van der Waals surface area contributed by atoms with Gasteiger partial charge in [0.05, 0.1) is 6.61 Å². The average Bonchev–Trinajstić information content (AvgIpc) is 2.06. The van der Waals surface area contributed by atoms with Crippen molar-refractivity contribution >= 4 is 5.91 Å². The molecule has 1 heterocycles. The van der Waals surface area contributed by atoms with Crippen molar-refractivity contribution in [1.29, 1.82) is 0 Å². The molecule has 1 fully saturated rings. The fourth-order valence-electron chi connectivity index (χ4n) is 1.24. The van der Waals surface area contributed by atoms with Gasteiger partial charge in [-0.15, -0.1) is 0 Å². The van der Waals surface area contributed by atoms with Crippen LogP contribution in [0.1, 0.15) is 19.3 Å². The third kappa shape index (κ3) is 3.19. The molecule has 0 aliphatic carbocycles. The van der Waals surface area contributed by atoms with Crippen molar-refractivity contribution in [3.63, 3.8) is 0 Å². The normalized spacial score (nSPS) is 19.1. The third-order valence-corrected chi connectivity index (χ3v) is 1.93. The van der Waals surface area contributed by atoms with Gasteiger partial charge in [0.2, 0.25) is 5.91 Å². The third-order valence-electron chi connectivity index (χ3n) is 1.93. The fraction of sp³-hybridized carbons (Fsp3) is 0.875. The van der Waals surface area contributed by atoms with Gasteiger partial charge >= 0.3 is 0 Å². The van der Waals surface area contributed by atoms with Crippen LogP contribution in [0.3, 0.4) is 0 Å². The Morgan fingerprint density at radius 2 is 2.17 bits per heavy atom. The van der Waals surface area contributed by atoms with Crippen LogP contribution in [0.5, 0.6) is 0 Å². The number of hydrogen-bond donors (Lipinski definition) is 2. The molecule has 0 aromatic heterocycles. The van der Waals surface area contributed by atoms with E-state index < -0.39 is 0 Å². The van der Waals surface area contributed by atoms with Crippen LogP contribution in [0.2, 0.25) is 0 Å². The molecule has 12 heavy (non-hydrogen) atoms. The summed E-state index contributed by atoms with van der Waals surface area (Å²) in [6, 6.07) is 0.248. The number of hydrogen-bond acceptors (Lipinski definition) is 3. The van der Waals surface area contributed by atoms with Gasteiger partial charge in [-0.1, -0.05) is 0 Å². The molecule has 1 saturated heterocycles. The molecule has 0 bridgehead atoms. The van der Waals surface area contributed by atoms with Gasteiger partial charge in [0.15, 0.2) is 0 Å². The van der Waals surface area contributed by atoms with Crippen molar-refractivity contribution in [2.24, 2.45) is 0 Å². The lowest BCUT2D eigenvalue weighted by molar-refractivity contribution is -0.123. The second kappa shape index (κ2) is 5.11. The first-order chi connectivity index (χ1) is 5.83. The van der Waals surface area contributed by atoms with Gasteiger partial charge < -0.3 is 15.2 Å². The van der Waals surface area contributed by atoms with E-state index in [0.717, 1.165) is 26.1 Å². The van der Waals surface area contributed by atoms with Crippen LogP contribution in [0.15, 0.2) is 0 Å². The van der Waals surface area contributed by atoms with Crippen LogP contribution in [0.4, 0.5) is 0 Å². The molecular formula is C8H15NO3. The predicted octanol–water partition coefficient (Wildman–Crippen LogP) is -0.336. The number of carbonyl (C=O) groups excluding carboxylic acids is 1. The molecule has 0 saturated carbocycles. The summed E-state index contributed by atoms with van der Waals surface area (Å²) in [6.07, 6.45) is 1.98. The number of carbonyl (C=O) groups is 1. The number of aliphatic hydroxyl groups is 1. The second-order valence-electron chi connectivity index (χ2n) is 2.93. The molecule has 0 radical (unpaired) electrons. The SMILES string of the molecule is O=C(CCO)NC1CCOCC1. The first kappa shape index (κ1) is 9.48. The van der Waals surface area contributed by atoms with E-state index >= 15 is 0 Å². The van der Waals surface area contributed by atoms with Gasteiger partial charge in [-0.3, -0.25) is 4.79 Å². The number of aliphatic hydroxyl groups excluding tert-OH is 1. The summed E-state index contributed by atoms with van der Waals surface area (Å²) in [7, 11) is 0. The second-order valence-corrected chi connectivity index (χ2v) is 2.93. The zero-order valence-electron chi connectivity index (χ0n) is 7.08. The van der Waals surface area contributed by atoms with Crippen molar-refractivity contribution < 1.29 is 14.6 Å². The molecule has 0 aromatic rings. The Balaban J connectivity index is 2.15. The quantitative estimate of drug-likeness (QED) is 0.614. The van der Waals surface area contributed by atoms with E-state index in [9.17, 15) is 4.79 Å². The molecule has 0 atom stereocenters. The maximum Gasteiger partial charge on any atom is 0.222 e.